The Balaban J connectivity index is 1.03. The number of piperazine rings is 1. The lowest BCUT2D eigenvalue weighted by molar-refractivity contribution is -0.153. The Morgan fingerprint density at radius 3 is 2.23 bits per heavy atom. The average Bonchev–Trinajstić information content (AvgIpc) is 3.85. The summed E-state index contributed by atoms with van der Waals surface area (Å²) in [6.45, 7) is 8.05. The van der Waals surface area contributed by atoms with Crippen molar-refractivity contribution in [2.24, 2.45) is 10.9 Å². The molecule has 1 aliphatic carbocycles. The van der Waals surface area contributed by atoms with Gasteiger partial charge in [-0.3, -0.25) is 4.99 Å². The SMILES string of the molecule is C=C/C(=N\C=C(/C)c1ccc(N2CCN(c3ccc(C(O)C4CC4)cc3)CC2)cc1)C(F)(F)[C@]1(O)Cn2nnnc2-c2cc(F)ccc21. The molecule has 4 aromatic rings. The second-order valence-corrected chi connectivity index (χ2v) is 12.7. The van der Waals surface area contributed by atoms with E-state index in [9.17, 15) is 14.6 Å². The number of aliphatic hydroxyl groups is 2. The van der Waals surface area contributed by atoms with Gasteiger partial charge in [0.1, 0.15) is 11.5 Å². The normalized spacial score (nSPS) is 20.7. The van der Waals surface area contributed by atoms with Crippen LogP contribution in [0.5, 0.6) is 0 Å². The molecule has 0 radical (unpaired) electrons. The van der Waals surface area contributed by atoms with Crippen molar-refractivity contribution in [3.05, 3.63) is 108 Å². The number of aliphatic hydroxyl groups excluding tert-OH is 1. The summed E-state index contributed by atoms with van der Waals surface area (Å²) in [4.78, 5) is 8.74. The van der Waals surface area contributed by atoms with Crippen LogP contribution in [-0.4, -0.2) is 68.2 Å². The summed E-state index contributed by atoms with van der Waals surface area (Å²) in [6, 6.07) is 19.3. The maximum absolute atomic E-state index is 16.2. The second-order valence-electron chi connectivity index (χ2n) is 12.7. The standard InChI is InChI=1S/C36H36F3N7O2/c1-3-32(36(38,39)35(48)22-46-34(41-42-43-46)30-20-27(37)10-15-31(30)35)40-21-23(2)24-6-11-28(12-7-24)44-16-18-45(19-17-44)29-13-8-26(9-14-29)33(47)25-4-5-25/h3,6-15,20-21,25,33,47-48H,1,4-5,16-19,22H2,2H3/b23-21+,40-32+/t33?,35-/m0/s1. The minimum absolute atomic E-state index is 0.0244. The number of tetrazole rings is 1. The maximum atomic E-state index is 16.2. The van der Waals surface area contributed by atoms with Gasteiger partial charge in [0.05, 0.1) is 12.6 Å². The van der Waals surface area contributed by atoms with Crippen LogP contribution in [0.1, 0.15) is 42.6 Å². The van der Waals surface area contributed by atoms with Gasteiger partial charge in [0.15, 0.2) is 11.4 Å². The first-order valence-corrected chi connectivity index (χ1v) is 16.0. The zero-order chi connectivity index (χ0) is 33.6. The average molecular weight is 656 g/mol. The van der Waals surface area contributed by atoms with Gasteiger partial charge >= 0.3 is 5.92 Å². The van der Waals surface area contributed by atoms with Crippen molar-refractivity contribution in [1.29, 1.82) is 0 Å². The van der Waals surface area contributed by atoms with Gasteiger partial charge in [-0.1, -0.05) is 36.9 Å². The minimum atomic E-state index is -3.94. The van der Waals surface area contributed by atoms with Crippen LogP contribution in [0.25, 0.3) is 17.0 Å². The lowest BCUT2D eigenvalue weighted by atomic mass is 9.79. The number of hydrogen-bond acceptors (Lipinski definition) is 8. The Hall–Kier alpha value is -4.81. The fourth-order valence-electron chi connectivity index (χ4n) is 6.58. The first kappa shape index (κ1) is 31.8. The zero-order valence-corrected chi connectivity index (χ0v) is 26.5. The van der Waals surface area contributed by atoms with E-state index in [0.29, 0.717) is 11.5 Å². The van der Waals surface area contributed by atoms with Crippen molar-refractivity contribution in [2.45, 2.75) is 43.9 Å². The molecule has 0 spiro atoms. The van der Waals surface area contributed by atoms with Gasteiger partial charge in [0.25, 0.3) is 0 Å². The molecule has 248 valence electrons. The Morgan fingerprint density at radius 2 is 1.62 bits per heavy atom. The lowest BCUT2D eigenvalue weighted by Gasteiger charge is -2.39. The van der Waals surface area contributed by atoms with E-state index < -0.39 is 29.6 Å². The summed E-state index contributed by atoms with van der Waals surface area (Å²) in [5.41, 5.74) is 0.838. The highest BCUT2D eigenvalue weighted by molar-refractivity contribution is 6.02. The number of hydrogen-bond donors (Lipinski definition) is 2. The molecule has 2 atom stereocenters. The quantitative estimate of drug-likeness (QED) is 0.221. The lowest BCUT2D eigenvalue weighted by Crippen LogP contribution is -2.54. The molecule has 48 heavy (non-hydrogen) atoms. The van der Waals surface area contributed by atoms with E-state index >= 15 is 8.78 Å². The molecule has 7 rings (SSSR count). The number of benzene rings is 3. The number of alkyl halides is 2. The van der Waals surface area contributed by atoms with E-state index in [0.717, 1.165) is 90.5 Å². The predicted octanol–water partition coefficient (Wildman–Crippen LogP) is 5.77. The van der Waals surface area contributed by atoms with Crippen molar-refractivity contribution < 1.29 is 23.4 Å². The summed E-state index contributed by atoms with van der Waals surface area (Å²) >= 11 is 0. The largest absolute Gasteiger partial charge is 0.388 e. The molecule has 2 aliphatic heterocycles. The van der Waals surface area contributed by atoms with Crippen LogP contribution in [0, 0.1) is 11.7 Å². The first-order chi connectivity index (χ1) is 23.1. The Morgan fingerprint density at radius 1 is 1.00 bits per heavy atom. The van der Waals surface area contributed by atoms with Crippen molar-refractivity contribution in [3.63, 3.8) is 0 Å². The molecule has 2 N–H and O–H groups in total. The molecule has 1 saturated carbocycles. The molecule has 1 saturated heterocycles. The molecule has 0 bridgehead atoms. The number of allylic oxidation sites excluding steroid dienone is 2. The van der Waals surface area contributed by atoms with Gasteiger partial charge in [-0.25, -0.2) is 9.07 Å². The zero-order valence-electron chi connectivity index (χ0n) is 26.5. The van der Waals surface area contributed by atoms with Crippen molar-refractivity contribution in [1.82, 2.24) is 20.2 Å². The van der Waals surface area contributed by atoms with E-state index in [4.69, 9.17) is 0 Å². The van der Waals surface area contributed by atoms with Crippen LogP contribution in [0.3, 0.4) is 0 Å². The minimum Gasteiger partial charge on any atom is -0.388 e. The van der Waals surface area contributed by atoms with Gasteiger partial charge in [0.2, 0.25) is 0 Å². The summed E-state index contributed by atoms with van der Waals surface area (Å²) in [6.07, 6.45) is 4.07. The van der Waals surface area contributed by atoms with E-state index in [-0.39, 0.29) is 23.1 Å². The van der Waals surface area contributed by atoms with Crippen LogP contribution < -0.4 is 9.80 Å². The maximum Gasteiger partial charge on any atom is 0.323 e. The summed E-state index contributed by atoms with van der Waals surface area (Å²) in [5, 5.41) is 33.0. The molecule has 9 nitrogen and oxygen atoms in total. The fraction of sp³-hybridized carbons (Fsp3) is 0.333. The third-order valence-electron chi connectivity index (χ3n) is 9.65. The Kier molecular flexibility index (Phi) is 8.16. The molecular weight excluding hydrogens is 619 g/mol. The number of aromatic nitrogens is 4. The van der Waals surface area contributed by atoms with E-state index in [1.54, 1.807) is 6.92 Å². The number of rotatable bonds is 9. The molecule has 3 heterocycles. The molecule has 1 unspecified atom stereocenters. The molecule has 1 aromatic heterocycles. The third-order valence-corrected chi connectivity index (χ3v) is 9.65. The van der Waals surface area contributed by atoms with Crippen LogP contribution in [0.15, 0.2) is 90.6 Å². The Bertz CT molecular complexity index is 1880. The van der Waals surface area contributed by atoms with Crippen LogP contribution in [0.2, 0.25) is 0 Å². The van der Waals surface area contributed by atoms with Crippen LogP contribution in [-0.2, 0) is 12.1 Å². The summed E-state index contributed by atoms with van der Waals surface area (Å²) < 4.78 is 47.5. The topological polar surface area (TPSA) is 103 Å². The monoisotopic (exact) mass is 655 g/mol. The second kappa shape index (κ2) is 12.3. The molecule has 0 amide bonds. The number of fused-ring (bicyclic) bond motifs is 3. The smallest absolute Gasteiger partial charge is 0.323 e. The van der Waals surface area contributed by atoms with Gasteiger partial charge in [-0.2, -0.15) is 8.78 Å². The van der Waals surface area contributed by atoms with Crippen LogP contribution >= 0.6 is 0 Å². The van der Waals surface area contributed by atoms with E-state index in [1.165, 1.54) is 6.20 Å². The Labute approximate surface area is 276 Å². The van der Waals surface area contributed by atoms with Gasteiger partial charge in [0, 0.05) is 54.9 Å². The van der Waals surface area contributed by atoms with Gasteiger partial charge < -0.3 is 20.0 Å². The van der Waals surface area contributed by atoms with E-state index in [2.05, 4.69) is 49.0 Å². The molecule has 2 fully saturated rings. The van der Waals surface area contributed by atoms with Crippen molar-refractivity contribution in [2.75, 3.05) is 36.0 Å². The molecular formula is C36H36F3N7O2. The summed E-state index contributed by atoms with van der Waals surface area (Å²) in [7, 11) is 0. The molecule has 3 aliphatic rings. The summed E-state index contributed by atoms with van der Waals surface area (Å²) in [5.74, 6) is -4.12. The number of anilines is 2. The number of aliphatic imine (C=N–C) groups is 1. The van der Waals surface area contributed by atoms with Crippen molar-refractivity contribution in [3.8, 4) is 11.4 Å². The highest BCUT2D eigenvalue weighted by atomic mass is 19.3. The predicted molar refractivity (Wildman–Crippen MR) is 178 cm³/mol. The number of halogens is 3. The third kappa shape index (κ3) is 5.68. The molecule has 3 aromatic carbocycles. The molecule has 12 heteroatoms. The van der Waals surface area contributed by atoms with E-state index in [1.807, 2.05) is 36.4 Å². The van der Waals surface area contributed by atoms with Gasteiger partial charge in [-0.15, -0.1) is 5.10 Å². The van der Waals surface area contributed by atoms with Crippen molar-refractivity contribution >= 4 is 22.7 Å². The van der Waals surface area contributed by atoms with Crippen LogP contribution in [0.4, 0.5) is 24.5 Å². The number of nitrogens with zero attached hydrogens (tertiary/aromatic N) is 7. The van der Waals surface area contributed by atoms with Gasteiger partial charge in [-0.05, 0) is 95.3 Å². The highest BCUT2D eigenvalue weighted by Crippen LogP contribution is 2.47. The first-order valence-electron chi connectivity index (χ1n) is 16.0. The highest BCUT2D eigenvalue weighted by Gasteiger charge is 2.60. The fourth-order valence-corrected chi connectivity index (χ4v) is 6.58.